The fraction of sp³-hybridized carbons (Fsp3) is 0.300. The van der Waals surface area contributed by atoms with Crippen molar-refractivity contribution in [2.45, 2.75) is 29.5 Å². The summed E-state index contributed by atoms with van der Waals surface area (Å²) in [6, 6.07) is 12.6. The lowest BCUT2D eigenvalue weighted by molar-refractivity contribution is -0.124. The molecule has 0 spiro atoms. The van der Waals surface area contributed by atoms with Crippen LogP contribution in [0.25, 0.3) is 10.6 Å². The fourth-order valence-corrected chi connectivity index (χ4v) is 7.02. The molecule has 1 fully saturated rings. The van der Waals surface area contributed by atoms with Crippen LogP contribution in [0, 0.1) is 0 Å². The molecule has 1 N–H and O–H groups in total. The molecular weight excluding hydrogens is 426 g/mol. The number of nitrogens with one attached hydrogen (secondary N) is 1. The first kappa shape index (κ1) is 20.2. The van der Waals surface area contributed by atoms with Gasteiger partial charge in [0.1, 0.15) is 15.3 Å². The van der Waals surface area contributed by atoms with Gasteiger partial charge in [-0.25, -0.2) is 13.4 Å². The van der Waals surface area contributed by atoms with Crippen LogP contribution in [0.3, 0.4) is 0 Å². The monoisotopic (exact) mass is 447 g/mol. The van der Waals surface area contributed by atoms with Crippen LogP contribution in [0.15, 0.2) is 57.4 Å². The van der Waals surface area contributed by atoms with E-state index in [4.69, 9.17) is 0 Å². The van der Waals surface area contributed by atoms with Crippen molar-refractivity contribution in [3.63, 3.8) is 0 Å². The van der Waals surface area contributed by atoms with E-state index >= 15 is 0 Å². The largest absolute Gasteiger partial charge is 0.354 e. The molecule has 1 aliphatic rings. The molecule has 4 rings (SSSR count). The summed E-state index contributed by atoms with van der Waals surface area (Å²) >= 11 is 2.76. The highest BCUT2D eigenvalue weighted by atomic mass is 32.2. The van der Waals surface area contributed by atoms with E-state index in [1.165, 1.54) is 15.6 Å². The Morgan fingerprint density at radius 1 is 1.17 bits per heavy atom. The van der Waals surface area contributed by atoms with Crippen molar-refractivity contribution < 1.29 is 13.2 Å². The lowest BCUT2D eigenvalue weighted by Crippen LogP contribution is -2.46. The first-order chi connectivity index (χ1) is 14.1. The number of sulfonamides is 1. The molecule has 29 heavy (non-hydrogen) atoms. The summed E-state index contributed by atoms with van der Waals surface area (Å²) in [6.45, 7) is 0.811. The smallest absolute Gasteiger partial charge is 0.253 e. The molecule has 2 aromatic heterocycles. The highest BCUT2D eigenvalue weighted by molar-refractivity contribution is 7.91. The molecule has 6 nitrogen and oxygen atoms in total. The van der Waals surface area contributed by atoms with Crippen LogP contribution in [-0.2, 0) is 21.2 Å². The average molecular weight is 448 g/mol. The van der Waals surface area contributed by atoms with Gasteiger partial charge in [-0.3, -0.25) is 4.79 Å². The molecule has 0 saturated carbocycles. The second-order valence-electron chi connectivity index (χ2n) is 6.76. The van der Waals surface area contributed by atoms with Gasteiger partial charge in [0.2, 0.25) is 5.91 Å². The zero-order valence-electron chi connectivity index (χ0n) is 15.7. The number of nitrogens with zero attached hydrogens (tertiary/aromatic N) is 2. The number of hydrogen-bond donors (Lipinski definition) is 1. The lowest BCUT2D eigenvalue weighted by Gasteiger charge is -2.22. The van der Waals surface area contributed by atoms with Gasteiger partial charge in [-0.05, 0) is 24.3 Å². The van der Waals surface area contributed by atoms with Crippen LogP contribution in [0.1, 0.15) is 18.5 Å². The molecule has 0 unspecified atom stereocenters. The predicted molar refractivity (Wildman–Crippen MR) is 115 cm³/mol. The van der Waals surface area contributed by atoms with Gasteiger partial charge in [0.25, 0.3) is 10.0 Å². The minimum absolute atomic E-state index is 0.235. The molecule has 1 aliphatic heterocycles. The molecule has 1 atom stereocenters. The third-order valence-electron chi connectivity index (χ3n) is 4.82. The maximum absolute atomic E-state index is 12.8. The van der Waals surface area contributed by atoms with E-state index in [1.807, 2.05) is 35.7 Å². The molecular formula is C20H21N3O3S3. The summed E-state index contributed by atoms with van der Waals surface area (Å²) < 4.78 is 27.2. The Balaban J connectivity index is 1.34. The molecule has 0 bridgehead atoms. The SMILES string of the molecule is O=C(NCCc1csc(-c2ccccc2)n1)[C@H]1CCCN1S(=O)(=O)c1cccs1. The highest BCUT2D eigenvalue weighted by Crippen LogP contribution is 2.28. The quantitative estimate of drug-likeness (QED) is 0.602. The number of benzene rings is 1. The number of amides is 1. The molecule has 9 heteroatoms. The Hall–Kier alpha value is -2.07. The number of carbonyl (C=O) groups is 1. The van der Waals surface area contributed by atoms with E-state index in [-0.39, 0.29) is 10.1 Å². The van der Waals surface area contributed by atoms with Crippen molar-refractivity contribution >= 4 is 38.6 Å². The van der Waals surface area contributed by atoms with Crippen LogP contribution in [0.5, 0.6) is 0 Å². The first-order valence-corrected chi connectivity index (χ1v) is 12.6. The van der Waals surface area contributed by atoms with Crippen molar-refractivity contribution in [3.05, 3.63) is 58.9 Å². The Kier molecular flexibility index (Phi) is 6.09. The van der Waals surface area contributed by atoms with Gasteiger partial charge in [-0.15, -0.1) is 22.7 Å². The van der Waals surface area contributed by atoms with Gasteiger partial charge in [0, 0.05) is 30.5 Å². The molecule has 1 saturated heterocycles. The Bertz CT molecular complexity index is 1060. The minimum atomic E-state index is -3.61. The van der Waals surface area contributed by atoms with Gasteiger partial charge in [0.15, 0.2) is 0 Å². The van der Waals surface area contributed by atoms with Gasteiger partial charge in [0.05, 0.1) is 5.69 Å². The summed E-state index contributed by atoms with van der Waals surface area (Å²) in [5.74, 6) is -0.235. The summed E-state index contributed by atoms with van der Waals surface area (Å²) in [4.78, 5) is 17.3. The summed E-state index contributed by atoms with van der Waals surface area (Å²) in [7, 11) is -3.61. The molecule has 152 valence electrons. The molecule has 3 heterocycles. The Labute approximate surface area is 178 Å². The van der Waals surface area contributed by atoms with Gasteiger partial charge in [-0.1, -0.05) is 36.4 Å². The Morgan fingerprint density at radius 2 is 2.00 bits per heavy atom. The Morgan fingerprint density at radius 3 is 2.76 bits per heavy atom. The lowest BCUT2D eigenvalue weighted by atomic mass is 10.2. The van der Waals surface area contributed by atoms with E-state index < -0.39 is 16.1 Å². The minimum Gasteiger partial charge on any atom is -0.354 e. The summed E-state index contributed by atoms with van der Waals surface area (Å²) in [5, 5.41) is 7.58. The van der Waals surface area contributed by atoms with Crippen molar-refractivity contribution in [1.29, 1.82) is 0 Å². The zero-order chi connectivity index (χ0) is 20.3. The number of aromatic nitrogens is 1. The fourth-order valence-electron chi connectivity index (χ4n) is 3.38. The number of carbonyl (C=O) groups excluding carboxylic acids is 1. The molecule has 0 aliphatic carbocycles. The normalized spacial score (nSPS) is 17.4. The van der Waals surface area contributed by atoms with Crippen molar-refractivity contribution in [2.75, 3.05) is 13.1 Å². The summed E-state index contributed by atoms with van der Waals surface area (Å²) in [6.07, 6.45) is 1.85. The van der Waals surface area contributed by atoms with E-state index in [9.17, 15) is 13.2 Å². The van der Waals surface area contributed by atoms with Gasteiger partial charge >= 0.3 is 0 Å². The number of rotatable bonds is 7. The zero-order valence-corrected chi connectivity index (χ0v) is 18.1. The molecule has 1 aromatic carbocycles. The second-order valence-corrected chi connectivity index (χ2v) is 10.7. The van der Waals surface area contributed by atoms with Crippen LogP contribution in [-0.4, -0.2) is 42.7 Å². The van der Waals surface area contributed by atoms with E-state index in [0.717, 1.165) is 16.3 Å². The summed E-state index contributed by atoms with van der Waals surface area (Å²) in [5.41, 5.74) is 2.00. The van der Waals surface area contributed by atoms with E-state index in [2.05, 4.69) is 10.3 Å². The predicted octanol–water partition coefficient (Wildman–Crippen LogP) is 3.38. The number of thiazole rings is 1. The van der Waals surface area contributed by atoms with Crippen molar-refractivity contribution in [1.82, 2.24) is 14.6 Å². The van der Waals surface area contributed by atoms with Crippen LogP contribution >= 0.6 is 22.7 Å². The topological polar surface area (TPSA) is 79.4 Å². The van der Waals surface area contributed by atoms with Crippen molar-refractivity contribution in [3.8, 4) is 10.6 Å². The third kappa shape index (κ3) is 4.42. The van der Waals surface area contributed by atoms with E-state index in [0.29, 0.717) is 32.4 Å². The first-order valence-electron chi connectivity index (χ1n) is 9.38. The third-order valence-corrected chi connectivity index (χ3v) is 9.04. The number of thiophene rings is 1. The van der Waals surface area contributed by atoms with Crippen LogP contribution in [0.4, 0.5) is 0 Å². The standard InChI is InChI=1S/C20H21N3O3S3/c24-19(17-8-4-12-23(17)29(25,26)18-9-5-13-27-18)21-11-10-16-14-28-20(22-16)15-6-2-1-3-7-15/h1-3,5-7,9,13-14,17H,4,8,10-12H2,(H,21,24)/t17-/m1/s1. The van der Waals surface area contributed by atoms with Crippen molar-refractivity contribution in [2.24, 2.45) is 0 Å². The van der Waals surface area contributed by atoms with E-state index in [1.54, 1.807) is 28.8 Å². The molecule has 0 radical (unpaired) electrons. The molecule has 1 amide bonds. The molecule has 3 aromatic rings. The average Bonchev–Trinajstić information content (AvgIpc) is 3.50. The van der Waals surface area contributed by atoms with Crippen LogP contribution < -0.4 is 5.32 Å². The van der Waals surface area contributed by atoms with Gasteiger partial charge in [-0.2, -0.15) is 4.31 Å². The maximum Gasteiger partial charge on any atom is 0.253 e. The second kappa shape index (κ2) is 8.74. The van der Waals surface area contributed by atoms with Crippen LogP contribution in [0.2, 0.25) is 0 Å². The highest BCUT2D eigenvalue weighted by Gasteiger charge is 2.39. The maximum atomic E-state index is 12.8. The number of hydrogen-bond acceptors (Lipinski definition) is 6. The van der Waals surface area contributed by atoms with Gasteiger partial charge < -0.3 is 5.32 Å².